The van der Waals surface area contributed by atoms with E-state index in [2.05, 4.69) is 10.6 Å². The largest absolute Gasteiger partial charge is 0.355 e. The van der Waals surface area contributed by atoms with Crippen molar-refractivity contribution in [1.82, 2.24) is 0 Å². The van der Waals surface area contributed by atoms with Crippen molar-refractivity contribution in [2.24, 2.45) is 0 Å². The van der Waals surface area contributed by atoms with Gasteiger partial charge in [-0.3, -0.25) is 19.3 Å². The first-order valence-corrected chi connectivity index (χ1v) is 13.6. The average Bonchev–Trinajstić information content (AvgIpc) is 3.29. The van der Waals surface area contributed by atoms with Crippen LogP contribution in [0.5, 0.6) is 0 Å². The van der Waals surface area contributed by atoms with E-state index in [-0.39, 0.29) is 5.57 Å². The summed E-state index contributed by atoms with van der Waals surface area (Å²) in [5, 5.41) is 6.42. The van der Waals surface area contributed by atoms with Gasteiger partial charge in [-0.15, -0.1) is 0 Å². The maximum absolute atomic E-state index is 14.9. The van der Waals surface area contributed by atoms with Crippen LogP contribution in [0.4, 0.5) is 17.1 Å². The van der Waals surface area contributed by atoms with Crippen LogP contribution in [-0.4, -0.2) is 17.6 Å². The van der Waals surface area contributed by atoms with Crippen molar-refractivity contribution >= 4 is 40.4 Å². The molecule has 0 radical (unpaired) electrons. The molecule has 1 atom stereocenters. The van der Waals surface area contributed by atoms with Crippen LogP contribution >= 0.6 is 0 Å². The van der Waals surface area contributed by atoms with E-state index in [4.69, 9.17) is 0 Å². The Balaban J connectivity index is 1.73. The molecule has 0 bridgehead atoms. The van der Waals surface area contributed by atoms with Crippen LogP contribution in [0, 0.1) is 0 Å². The van der Waals surface area contributed by atoms with Gasteiger partial charge in [-0.2, -0.15) is 0 Å². The zero-order valence-corrected chi connectivity index (χ0v) is 22.6. The predicted molar refractivity (Wildman–Crippen MR) is 166 cm³/mol. The molecule has 0 aromatic heterocycles. The van der Waals surface area contributed by atoms with E-state index in [0.717, 1.165) is 0 Å². The van der Waals surface area contributed by atoms with Gasteiger partial charge in [0.15, 0.2) is 5.54 Å². The molecule has 1 heterocycles. The van der Waals surface area contributed by atoms with Crippen LogP contribution < -0.4 is 15.5 Å². The van der Waals surface area contributed by atoms with Crippen molar-refractivity contribution in [3.63, 3.8) is 0 Å². The molecule has 42 heavy (non-hydrogen) atoms. The predicted octanol–water partition coefficient (Wildman–Crippen LogP) is 6.66. The molecule has 204 valence electrons. The number of rotatable bonds is 7. The minimum absolute atomic E-state index is 0.0334. The lowest BCUT2D eigenvalue weighted by atomic mass is 9.79. The molecule has 5 aromatic rings. The van der Waals surface area contributed by atoms with Gasteiger partial charge >= 0.3 is 5.91 Å². The van der Waals surface area contributed by atoms with Crippen molar-refractivity contribution in [2.75, 3.05) is 15.5 Å². The van der Waals surface area contributed by atoms with E-state index < -0.39 is 23.1 Å². The van der Waals surface area contributed by atoms with Crippen molar-refractivity contribution in [3.8, 4) is 0 Å². The normalized spacial score (nSPS) is 17.6. The highest BCUT2D eigenvalue weighted by atomic mass is 16.2. The monoisotopic (exact) mass is 549 g/mol. The topological polar surface area (TPSA) is 78.5 Å². The number of nitrogens with zero attached hydrogens (tertiary/aromatic N) is 1. The Morgan fingerprint density at radius 2 is 1.00 bits per heavy atom. The number of ketones is 1. The van der Waals surface area contributed by atoms with Gasteiger partial charge in [0.1, 0.15) is 0 Å². The van der Waals surface area contributed by atoms with Crippen LogP contribution in [0.2, 0.25) is 0 Å². The number of anilines is 3. The van der Waals surface area contributed by atoms with Crippen LogP contribution in [0.1, 0.15) is 11.1 Å². The van der Waals surface area contributed by atoms with Gasteiger partial charge in [0.2, 0.25) is 0 Å². The number of benzene rings is 5. The maximum atomic E-state index is 14.9. The lowest BCUT2D eigenvalue weighted by Crippen LogP contribution is -2.53. The summed E-state index contributed by atoms with van der Waals surface area (Å²) in [5.74, 6) is -2.11. The molecule has 1 saturated heterocycles. The van der Waals surface area contributed by atoms with Crippen molar-refractivity contribution in [2.45, 2.75) is 5.54 Å². The Hall–Kier alpha value is -5.75. The number of Topliss-reactive ketones (excluding diaryl/α,β-unsaturated/α-hetero) is 1. The van der Waals surface area contributed by atoms with Gasteiger partial charge in [-0.05, 0) is 47.5 Å². The molecular weight excluding hydrogens is 522 g/mol. The summed E-state index contributed by atoms with van der Waals surface area (Å²) in [5.41, 5.74) is 1.32. The second kappa shape index (κ2) is 11.4. The third-order valence-electron chi connectivity index (χ3n) is 7.24. The van der Waals surface area contributed by atoms with Gasteiger partial charge in [0.05, 0.1) is 11.3 Å². The van der Waals surface area contributed by atoms with Gasteiger partial charge in [-0.1, -0.05) is 115 Å². The van der Waals surface area contributed by atoms with Crippen molar-refractivity contribution in [1.29, 1.82) is 0 Å². The molecule has 1 fully saturated rings. The zero-order valence-electron chi connectivity index (χ0n) is 22.6. The molecule has 1 aliphatic heterocycles. The summed E-state index contributed by atoms with van der Waals surface area (Å²) in [6.07, 6.45) is 0. The second-order valence-electron chi connectivity index (χ2n) is 9.81. The molecule has 0 aliphatic carbocycles. The summed E-state index contributed by atoms with van der Waals surface area (Å²) in [7, 11) is 0. The quantitative estimate of drug-likeness (QED) is 0.176. The number of para-hydroxylation sites is 3. The molecule has 2 amide bonds. The molecular formula is C36H27N3O3. The fraction of sp³-hybridized carbons (Fsp3) is 0.0278. The number of hydrogen-bond donors (Lipinski definition) is 2. The first-order valence-electron chi connectivity index (χ1n) is 13.6. The molecule has 5 aromatic carbocycles. The van der Waals surface area contributed by atoms with Crippen LogP contribution in [-0.2, 0) is 19.9 Å². The molecule has 0 spiro atoms. The number of amides is 2. The fourth-order valence-electron chi connectivity index (χ4n) is 5.41. The Morgan fingerprint density at radius 1 is 0.548 bits per heavy atom. The van der Waals surface area contributed by atoms with Crippen molar-refractivity contribution in [3.05, 3.63) is 168 Å². The summed E-state index contributed by atoms with van der Waals surface area (Å²) in [6.45, 7) is 0. The summed E-state index contributed by atoms with van der Waals surface area (Å²) < 4.78 is 0. The SMILES string of the molecule is O=C1C(=O)N(c2ccccc2)[C@@](C(=O)Nc2ccccc2)(c2ccccc2)/C1=C(/Nc1ccccc1)c1ccccc1. The van der Waals surface area contributed by atoms with E-state index in [1.165, 1.54) is 4.90 Å². The number of carbonyl (C=O) groups excluding carboxylic acids is 3. The van der Waals surface area contributed by atoms with E-state index in [0.29, 0.717) is 33.9 Å². The van der Waals surface area contributed by atoms with E-state index >= 15 is 0 Å². The molecule has 0 unspecified atom stereocenters. The summed E-state index contributed by atoms with van der Waals surface area (Å²) in [4.78, 5) is 44.8. The highest BCUT2D eigenvalue weighted by Crippen LogP contribution is 2.48. The van der Waals surface area contributed by atoms with Crippen LogP contribution in [0.3, 0.4) is 0 Å². The van der Waals surface area contributed by atoms with Gasteiger partial charge < -0.3 is 10.6 Å². The Kier molecular flexibility index (Phi) is 7.18. The molecule has 2 N–H and O–H groups in total. The minimum Gasteiger partial charge on any atom is -0.355 e. The number of carbonyl (C=O) groups is 3. The van der Waals surface area contributed by atoms with Gasteiger partial charge in [-0.25, -0.2) is 0 Å². The fourth-order valence-corrected chi connectivity index (χ4v) is 5.41. The van der Waals surface area contributed by atoms with Crippen LogP contribution in [0.25, 0.3) is 5.70 Å². The first-order chi connectivity index (χ1) is 20.6. The van der Waals surface area contributed by atoms with E-state index in [1.54, 1.807) is 60.7 Å². The Morgan fingerprint density at radius 3 is 1.55 bits per heavy atom. The van der Waals surface area contributed by atoms with Gasteiger partial charge in [0.25, 0.3) is 11.7 Å². The Labute approximate surface area is 243 Å². The lowest BCUT2D eigenvalue weighted by molar-refractivity contribution is -0.132. The Bertz CT molecular complexity index is 1760. The summed E-state index contributed by atoms with van der Waals surface area (Å²) >= 11 is 0. The third kappa shape index (κ3) is 4.65. The highest BCUT2D eigenvalue weighted by Gasteiger charge is 2.62. The molecule has 6 rings (SSSR count). The standard InChI is InChI=1S/C36H27N3O3/c40-33-31(32(26-16-6-1-7-17-26)37-28-20-10-3-11-21-28)36(27-18-8-2-9-19-27,35(42)38-29-22-12-4-13-23-29)39(34(33)41)30-24-14-5-15-25-30/h1-25,37H,(H,38,42)/b32-31+/t36-/m0/s1. The average molecular weight is 550 g/mol. The third-order valence-corrected chi connectivity index (χ3v) is 7.24. The number of nitrogens with one attached hydrogen (secondary N) is 2. The van der Waals surface area contributed by atoms with E-state index in [9.17, 15) is 14.4 Å². The summed E-state index contributed by atoms with van der Waals surface area (Å²) in [6, 6.07) is 45.5. The number of hydrogen-bond acceptors (Lipinski definition) is 4. The molecule has 6 heteroatoms. The lowest BCUT2D eigenvalue weighted by Gasteiger charge is -2.38. The van der Waals surface area contributed by atoms with Gasteiger partial charge in [0, 0.05) is 17.1 Å². The zero-order chi connectivity index (χ0) is 28.9. The molecule has 6 nitrogen and oxygen atoms in total. The minimum atomic E-state index is -1.86. The van der Waals surface area contributed by atoms with Crippen LogP contribution in [0.15, 0.2) is 157 Å². The second-order valence-corrected chi connectivity index (χ2v) is 9.81. The van der Waals surface area contributed by atoms with E-state index in [1.807, 2.05) is 91.0 Å². The molecule has 1 aliphatic rings. The molecule has 0 saturated carbocycles. The maximum Gasteiger partial charge on any atom is 0.300 e. The smallest absolute Gasteiger partial charge is 0.300 e. The first kappa shape index (κ1) is 26.5. The highest BCUT2D eigenvalue weighted by molar-refractivity contribution is 6.55. The van der Waals surface area contributed by atoms with Crippen molar-refractivity contribution < 1.29 is 14.4 Å².